The van der Waals surface area contributed by atoms with Crippen molar-refractivity contribution in [3.63, 3.8) is 0 Å². The third-order valence-corrected chi connectivity index (χ3v) is 4.63. The minimum Gasteiger partial charge on any atom is -0.508 e. The summed E-state index contributed by atoms with van der Waals surface area (Å²) in [6.45, 7) is 0. The predicted molar refractivity (Wildman–Crippen MR) is 99.9 cm³/mol. The fourth-order valence-corrected chi connectivity index (χ4v) is 3.34. The van der Waals surface area contributed by atoms with Gasteiger partial charge in [0.05, 0.1) is 18.4 Å². The smallest absolute Gasteiger partial charge is 0.227 e. The summed E-state index contributed by atoms with van der Waals surface area (Å²) in [5.74, 6) is 1.14. The fourth-order valence-electron chi connectivity index (χ4n) is 3.34. The van der Waals surface area contributed by atoms with E-state index < -0.39 is 0 Å². The molecule has 0 saturated carbocycles. The zero-order chi connectivity index (χ0) is 19.1. The van der Waals surface area contributed by atoms with Crippen LogP contribution in [0.5, 0.6) is 23.1 Å². The monoisotopic (exact) mass is 360 g/mol. The van der Waals surface area contributed by atoms with Crippen molar-refractivity contribution in [3.05, 3.63) is 64.7 Å². The lowest BCUT2D eigenvalue weighted by Crippen LogP contribution is -2.17. The minimum absolute atomic E-state index is 0.00540. The molecule has 1 aromatic heterocycles. The van der Waals surface area contributed by atoms with Gasteiger partial charge in [-0.1, -0.05) is 18.2 Å². The molecule has 0 unspecified atom stereocenters. The highest BCUT2D eigenvalue weighted by Gasteiger charge is 2.34. The van der Waals surface area contributed by atoms with Crippen molar-refractivity contribution in [1.29, 1.82) is 5.26 Å². The van der Waals surface area contributed by atoms with Gasteiger partial charge in [0.25, 0.3) is 0 Å². The highest BCUT2D eigenvalue weighted by Crippen LogP contribution is 2.50. The number of fused-ring (bicyclic) bond motifs is 2. The average Bonchev–Trinajstić information content (AvgIpc) is 2.66. The number of hydrogen-bond donors (Lipinski definition) is 3. The zero-order valence-electron chi connectivity index (χ0n) is 14.4. The molecule has 0 radical (unpaired) electrons. The van der Waals surface area contributed by atoms with Crippen LogP contribution in [0.1, 0.15) is 28.2 Å². The number of aromatic hydroxyl groups is 1. The maximum Gasteiger partial charge on any atom is 0.227 e. The Hall–Kier alpha value is -3.92. The Labute approximate surface area is 155 Å². The van der Waals surface area contributed by atoms with Crippen LogP contribution in [0, 0.1) is 11.3 Å². The van der Waals surface area contributed by atoms with E-state index in [1.165, 1.54) is 6.07 Å². The average molecular weight is 360 g/mol. The molecule has 7 heteroatoms. The Kier molecular flexibility index (Phi) is 3.74. The lowest BCUT2D eigenvalue weighted by Gasteiger charge is -2.29. The standard InChI is InChI=1S/C20H16N4O3/c1-26-12-5-2-10(3-6-12)16-13-7-4-11(25)8-15(13)27-20-17(16)18(22)14(9-21)19(23)24-20/h2-8,16,25H,1H3,(H4,22,23,24)/t16-/m0/s1. The number of ether oxygens (including phenoxy) is 2. The molecular formula is C20H16N4O3. The van der Waals surface area contributed by atoms with Crippen molar-refractivity contribution in [2.75, 3.05) is 18.6 Å². The van der Waals surface area contributed by atoms with Crippen LogP contribution in [-0.4, -0.2) is 17.2 Å². The molecule has 0 fully saturated rings. The van der Waals surface area contributed by atoms with Gasteiger partial charge in [-0.15, -0.1) is 0 Å². The number of aromatic nitrogens is 1. The van der Waals surface area contributed by atoms with Crippen LogP contribution in [0.15, 0.2) is 42.5 Å². The first-order chi connectivity index (χ1) is 13.0. The predicted octanol–water partition coefficient (Wildman–Crippen LogP) is 3.12. The van der Waals surface area contributed by atoms with Crippen molar-refractivity contribution < 1.29 is 14.6 Å². The number of pyridine rings is 1. The van der Waals surface area contributed by atoms with Crippen LogP contribution in [0.4, 0.5) is 11.5 Å². The first-order valence-electron chi connectivity index (χ1n) is 8.17. The van der Waals surface area contributed by atoms with Gasteiger partial charge in [-0.05, 0) is 23.8 Å². The van der Waals surface area contributed by atoms with Crippen LogP contribution in [0.3, 0.4) is 0 Å². The molecule has 1 aliphatic rings. The summed E-state index contributed by atoms with van der Waals surface area (Å²) >= 11 is 0. The number of nitriles is 1. The molecule has 1 atom stereocenters. The van der Waals surface area contributed by atoms with Gasteiger partial charge >= 0.3 is 0 Å². The minimum atomic E-state index is -0.338. The lowest BCUT2D eigenvalue weighted by molar-refractivity contribution is 0.414. The third-order valence-electron chi connectivity index (χ3n) is 4.63. The maximum atomic E-state index is 9.84. The summed E-state index contributed by atoms with van der Waals surface area (Å²) in [4.78, 5) is 4.23. The number of methoxy groups -OCH3 is 1. The quantitative estimate of drug-likeness (QED) is 0.501. The number of phenols is 1. The molecule has 0 spiro atoms. The number of nitrogens with two attached hydrogens (primary N) is 2. The topological polar surface area (TPSA) is 127 Å². The molecule has 3 aromatic rings. The fraction of sp³-hybridized carbons (Fsp3) is 0.100. The molecule has 134 valence electrons. The van der Waals surface area contributed by atoms with Crippen molar-refractivity contribution >= 4 is 11.5 Å². The van der Waals surface area contributed by atoms with Gasteiger partial charge in [-0.25, -0.2) is 0 Å². The lowest BCUT2D eigenvalue weighted by atomic mass is 9.82. The van der Waals surface area contributed by atoms with Gasteiger partial charge in [-0.3, -0.25) is 0 Å². The Morgan fingerprint density at radius 2 is 1.93 bits per heavy atom. The SMILES string of the molecule is COc1ccc([C@H]2c3ccc(O)cc3Oc3nc(N)c(C#N)c(N)c32)cc1. The van der Waals surface area contributed by atoms with Gasteiger partial charge in [0.1, 0.15) is 34.7 Å². The van der Waals surface area contributed by atoms with Crippen molar-refractivity contribution in [1.82, 2.24) is 4.98 Å². The van der Waals surface area contributed by atoms with Gasteiger partial charge < -0.3 is 26.0 Å². The van der Waals surface area contributed by atoms with Crippen molar-refractivity contribution in [2.45, 2.75) is 5.92 Å². The van der Waals surface area contributed by atoms with Gasteiger partial charge in [0, 0.05) is 17.5 Å². The van der Waals surface area contributed by atoms with Crippen LogP contribution in [-0.2, 0) is 0 Å². The number of hydrogen-bond acceptors (Lipinski definition) is 7. The highest BCUT2D eigenvalue weighted by atomic mass is 16.5. The van der Waals surface area contributed by atoms with E-state index >= 15 is 0 Å². The zero-order valence-corrected chi connectivity index (χ0v) is 14.4. The molecule has 7 nitrogen and oxygen atoms in total. The van der Waals surface area contributed by atoms with E-state index in [1.54, 1.807) is 19.2 Å². The Morgan fingerprint density at radius 3 is 2.59 bits per heavy atom. The number of benzene rings is 2. The number of phenolic OH excluding ortho intramolecular Hbond substituents is 1. The summed E-state index contributed by atoms with van der Waals surface area (Å²) < 4.78 is 11.1. The Morgan fingerprint density at radius 1 is 1.19 bits per heavy atom. The number of anilines is 2. The van der Waals surface area contributed by atoms with E-state index in [0.717, 1.165) is 16.9 Å². The summed E-state index contributed by atoms with van der Waals surface area (Å²) in [6, 6.07) is 14.4. The first kappa shape index (κ1) is 16.5. The summed E-state index contributed by atoms with van der Waals surface area (Å²) in [7, 11) is 1.60. The molecule has 0 aliphatic carbocycles. The van der Waals surface area contributed by atoms with Crippen molar-refractivity contribution in [2.24, 2.45) is 0 Å². The van der Waals surface area contributed by atoms with E-state index in [0.29, 0.717) is 11.3 Å². The molecule has 0 bridgehead atoms. The van der Waals surface area contributed by atoms with Crippen molar-refractivity contribution in [3.8, 4) is 29.2 Å². The molecule has 1 aliphatic heterocycles. The van der Waals surface area contributed by atoms with Crippen LogP contribution < -0.4 is 20.9 Å². The Balaban J connectivity index is 2.00. The van der Waals surface area contributed by atoms with Crippen LogP contribution >= 0.6 is 0 Å². The molecule has 0 amide bonds. The van der Waals surface area contributed by atoms with Gasteiger partial charge in [0.2, 0.25) is 5.88 Å². The molecule has 2 aromatic carbocycles. The highest BCUT2D eigenvalue weighted by molar-refractivity contribution is 5.75. The third kappa shape index (κ3) is 2.55. The molecule has 5 N–H and O–H groups in total. The van der Waals surface area contributed by atoms with E-state index in [2.05, 4.69) is 4.98 Å². The van der Waals surface area contributed by atoms with E-state index in [4.69, 9.17) is 20.9 Å². The summed E-state index contributed by atoms with van der Waals surface area (Å²) in [6.07, 6.45) is 0. The largest absolute Gasteiger partial charge is 0.508 e. The van der Waals surface area contributed by atoms with E-state index in [9.17, 15) is 10.4 Å². The van der Waals surface area contributed by atoms with E-state index in [-0.39, 0.29) is 34.6 Å². The number of nitrogen functional groups attached to an aromatic ring is 2. The summed E-state index contributed by atoms with van der Waals surface area (Å²) in [5.41, 5.74) is 14.8. The molecule has 4 rings (SSSR count). The molecule has 2 heterocycles. The molecular weight excluding hydrogens is 344 g/mol. The maximum absolute atomic E-state index is 9.84. The molecule has 27 heavy (non-hydrogen) atoms. The first-order valence-corrected chi connectivity index (χ1v) is 8.17. The second-order valence-electron chi connectivity index (χ2n) is 6.15. The number of rotatable bonds is 2. The van der Waals surface area contributed by atoms with Gasteiger partial charge in [0.15, 0.2) is 0 Å². The second kappa shape index (κ2) is 6.11. The second-order valence-corrected chi connectivity index (χ2v) is 6.15. The Bertz CT molecular complexity index is 1090. The van der Waals surface area contributed by atoms with Crippen LogP contribution in [0.25, 0.3) is 0 Å². The number of nitrogens with zero attached hydrogens (tertiary/aromatic N) is 2. The molecule has 0 saturated heterocycles. The normalized spacial score (nSPS) is 14.4. The van der Waals surface area contributed by atoms with Crippen LogP contribution in [0.2, 0.25) is 0 Å². The summed E-state index contributed by atoms with van der Waals surface area (Å²) in [5, 5.41) is 19.3. The van der Waals surface area contributed by atoms with Gasteiger partial charge in [-0.2, -0.15) is 10.2 Å². The van der Waals surface area contributed by atoms with E-state index in [1.807, 2.05) is 30.3 Å².